The molecular formula is C16H25N3O5S2. The highest BCUT2D eigenvalue weighted by Gasteiger charge is 2.30. The summed E-state index contributed by atoms with van der Waals surface area (Å²) in [6, 6.07) is 4.84. The smallest absolute Gasteiger partial charge is 0.243 e. The number of amides is 1. The summed E-state index contributed by atoms with van der Waals surface area (Å²) >= 11 is 0. The topological polar surface area (TPSA) is 127 Å². The van der Waals surface area contributed by atoms with Crippen molar-refractivity contribution in [2.45, 2.75) is 54.9 Å². The molecule has 0 unspecified atom stereocenters. The molecule has 1 aliphatic rings. The first-order valence-electron chi connectivity index (χ1n) is 8.57. The Hall–Kier alpha value is -1.49. The summed E-state index contributed by atoms with van der Waals surface area (Å²) in [4.78, 5) is 11.7. The van der Waals surface area contributed by atoms with Crippen LogP contribution in [0.3, 0.4) is 0 Å². The van der Waals surface area contributed by atoms with Crippen LogP contribution in [0, 0.1) is 0 Å². The number of primary sulfonamides is 1. The Bertz CT molecular complexity index is 827. The second-order valence-electron chi connectivity index (χ2n) is 6.37. The van der Waals surface area contributed by atoms with Crippen LogP contribution in [-0.2, 0) is 24.8 Å². The van der Waals surface area contributed by atoms with Gasteiger partial charge in [-0.05, 0) is 43.5 Å². The zero-order valence-electron chi connectivity index (χ0n) is 14.7. The number of piperidine rings is 1. The zero-order chi connectivity index (χ0) is 19.4. The fourth-order valence-corrected chi connectivity index (χ4v) is 4.81. The van der Waals surface area contributed by atoms with Gasteiger partial charge in [0, 0.05) is 25.6 Å². The lowest BCUT2D eigenvalue weighted by atomic mass is 10.1. The van der Waals surface area contributed by atoms with Gasteiger partial charge in [0.05, 0.1) is 9.79 Å². The lowest BCUT2D eigenvalue weighted by Crippen LogP contribution is -2.46. The van der Waals surface area contributed by atoms with E-state index in [9.17, 15) is 21.6 Å². The third-order valence-corrected chi connectivity index (χ3v) is 7.21. The normalized spacial score (nSPS) is 17.2. The summed E-state index contributed by atoms with van der Waals surface area (Å²) in [6.45, 7) is 2.63. The van der Waals surface area contributed by atoms with E-state index in [1.54, 1.807) is 0 Å². The first kappa shape index (κ1) is 20.8. The number of rotatable bonds is 7. The molecule has 1 fully saturated rings. The van der Waals surface area contributed by atoms with Crippen LogP contribution in [0.5, 0.6) is 0 Å². The SMILES string of the molecule is CCCCC(=O)NC1CCN(S(=O)(=O)c2ccc(S(N)(=O)=O)cc2)CC1. The molecule has 1 aromatic carbocycles. The van der Waals surface area contributed by atoms with Gasteiger partial charge in [-0.2, -0.15) is 4.31 Å². The van der Waals surface area contributed by atoms with Crippen molar-refractivity contribution in [1.29, 1.82) is 0 Å². The van der Waals surface area contributed by atoms with Crippen LogP contribution in [0.25, 0.3) is 0 Å². The Morgan fingerprint density at radius 3 is 2.15 bits per heavy atom. The van der Waals surface area contributed by atoms with Gasteiger partial charge in [0.25, 0.3) is 0 Å². The Morgan fingerprint density at radius 1 is 1.12 bits per heavy atom. The van der Waals surface area contributed by atoms with Gasteiger partial charge in [-0.1, -0.05) is 13.3 Å². The first-order valence-corrected chi connectivity index (χ1v) is 11.6. The van der Waals surface area contributed by atoms with Gasteiger partial charge in [-0.3, -0.25) is 4.79 Å². The van der Waals surface area contributed by atoms with E-state index in [4.69, 9.17) is 5.14 Å². The number of carbonyl (C=O) groups excluding carboxylic acids is 1. The van der Waals surface area contributed by atoms with E-state index in [1.165, 1.54) is 28.6 Å². The van der Waals surface area contributed by atoms with Crippen LogP contribution in [0.1, 0.15) is 39.0 Å². The second kappa shape index (κ2) is 8.47. The third kappa shape index (κ3) is 5.26. The van der Waals surface area contributed by atoms with E-state index >= 15 is 0 Å². The summed E-state index contributed by atoms with van der Waals surface area (Å²) in [5, 5.41) is 7.97. The van der Waals surface area contributed by atoms with Gasteiger partial charge in [-0.25, -0.2) is 22.0 Å². The molecule has 10 heteroatoms. The van der Waals surface area contributed by atoms with E-state index in [1.807, 2.05) is 6.92 Å². The van der Waals surface area contributed by atoms with Crippen molar-refractivity contribution in [3.05, 3.63) is 24.3 Å². The van der Waals surface area contributed by atoms with E-state index in [2.05, 4.69) is 5.32 Å². The summed E-state index contributed by atoms with van der Waals surface area (Å²) < 4.78 is 49.2. The number of nitrogens with two attached hydrogens (primary N) is 1. The van der Waals surface area contributed by atoms with Gasteiger partial charge in [0.1, 0.15) is 0 Å². The average molecular weight is 404 g/mol. The monoisotopic (exact) mass is 403 g/mol. The number of carbonyl (C=O) groups is 1. The van der Waals surface area contributed by atoms with E-state index in [0.29, 0.717) is 32.4 Å². The minimum absolute atomic E-state index is 0.00624. The lowest BCUT2D eigenvalue weighted by molar-refractivity contribution is -0.122. The lowest BCUT2D eigenvalue weighted by Gasteiger charge is -2.31. The molecule has 0 spiro atoms. The van der Waals surface area contributed by atoms with Crippen molar-refractivity contribution >= 4 is 26.0 Å². The average Bonchev–Trinajstić information content (AvgIpc) is 2.60. The standard InChI is InChI=1S/C16H25N3O5S2/c1-2-3-4-16(20)18-13-9-11-19(12-10-13)26(23,24)15-7-5-14(6-8-15)25(17,21)22/h5-8,13H,2-4,9-12H2,1H3,(H,18,20)(H2,17,21,22). The largest absolute Gasteiger partial charge is 0.353 e. The Labute approximate surface area is 154 Å². The molecule has 1 amide bonds. The van der Waals surface area contributed by atoms with Crippen LogP contribution in [0.4, 0.5) is 0 Å². The quantitative estimate of drug-likeness (QED) is 0.696. The maximum absolute atomic E-state index is 12.7. The molecule has 0 aromatic heterocycles. The van der Waals surface area contributed by atoms with Gasteiger partial charge >= 0.3 is 0 Å². The molecule has 3 N–H and O–H groups in total. The fourth-order valence-electron chi connectivity index (χ4n) is 2.83. The van der Waals surface area contributed by atoms with Crippen LogP contribution < -0.4 is 10.5 Å². The number of unbranched alkanes of at least 4 members (excludes halogenated alkanes) is 1. The van der Waals surface area contributed by atoms with Gasteiger partial charge < -0.3 is 5.32 Å². The van der Waals surface area contributed by atoms with Crippen LogP contribution in [0.15, 0.2) is 34.1 Å². The molecular weight excluding hydrogens is 378 g/mol. The number of sulfonamides is 2. The second-order valence-corrected chi connectivity index (χ2v) is 9.87. The Morgan fingerprint density at radius 2 is 1.65 bits per heavy atom. The van der Waals surface area contributed by atoms with Crippen molar-refractivity contribution in [3.63, 3.8) is 0 Å². The highest BCUT2D eigenvalue weighted by atomic mass is 32.2. The molecule has 26 heavy (non-hydrogen) atoms. The minimum atomic E-state index is -3.86. The predicted octanol–water partition coefficient (Wildman–Crippen LogP) is 0.794. The predicted molar refractivity (Wildman–Crippen MR) is 97.3 cm³/mol. The summed E-state index contributed by atoms with van der Waals surface area (Å²) in [5.74, 6) is 0.00624. The highest BCUT2D eigenvalue weighted by Crippen LogP contribution is 2.22. The Kier molecular flexibility index (Phi) is 6.78. The van der Waals surface area contributed by atoms with Crippen LogP contribution in [-0.4, -0.2) is 46.2 Å². The van der Waals surface area contributed by atoms with E-state index in [0.717, 1.165) is 12.8 Å². The van der Waals surface area contributed by atoms with Gasteiger partial charge in [0.2, 0.25) is 26.0 Å². The van der Waals surface area contributed by atoms with E-state index in [-0.39, 0.29) is 21.7 Å². The van der Waals surface area contributed by atoms with Crippen LogP contribution >= 0.6 is 0 Å². The molecule has 146 valence electrons. The third-order valence-electron chi connectivity index (χ3n) is 4.37. The maximum Gasteiger partial charge on any atom is 0.243 e. The number of hydrogen-bond acceptors (Lipinski definition) is 5. The molecule has 2 rings (SSSR count). The van der Waals surface area contributed by atoms with Crippen molar-refractivity contribution in [3.8, 4) is 0 Å². The van der Waals surface area contributed by atoms with Gasteiger partial charge in [0.15, 0.2) is 0 Å². The van der Waals surface area contributed by atoms with Crippen molar-refractivity contribution in [2.24, 2.45) is 5.14 Å². The molecule has 0 bridgehead atoms. The molecule has 8 nitrogen and oxygen atoms in total. The van der Waals surface area contributed by atoms with Crippen molar-refractivity contribution in [2.75, 3.05) is 13.1 Å². The maximum atomic E-state index is 12.7. The summed E-state index contributed by atoms with van der Waals surface area (Å²) in [5.41, 5.74) is 0. The van der Waals surface area contributed by atoms with Gasteiger partial charge in [-0.15, -0.1) is 0 Å². The molecule has 1 saturated heterocycles. The van der Waals surface area contributed by atoms with Crippen LogP contribution in [0.2, 0.25) is 0 Å². The summed E-state index contributed by atoms with van der Waals surface area (Å²) in [6.07, 6.45) is 3.38. The molecule has 1 aromatic rings. The fraction of sp³-hybridized carbons (Fsp3) is 0.562. The van der Waals surface area contributed by atoms with Crippen molar-refractivity contribution < 1.29 is 21.6 Å². The molecule has 1 aliphatic heterocycles. The number of nitrogens with zero attached hydrogens (tertiary/aromatic N) is 1. The number of hydrogen-bond donors (Lipinski definition) is 2. The number of benzene rings is 1. The molecule has 1 heterocycles. The Balaban J connectivity index is 1.98. The zero-order valence-corrected chi connectivity index (χ0v) is 16.4. The molecule has 0 atom stereocenters. The first-order chi connectivity index (χ1) is 12.1. The molecule has 0 aliphatic carbocycles. The highest BCUT2D eigenvalue weighted by molar-refractivity contribution is 7.89. The van der Waals surface area contributed by atoms with E-state index < -0.39 is 20.0 Å². The molecule has 0 saturated carbocycles. The minimum Gasteiger partial charge on any atom is -0.353 e. The molecule has 0 radical (unpaired) electrons. The van der Waals surface area contributed by atoms with Crippen molar-refractivity contribution in [1.82, 2.24) is 9.62 Å². The number of nitrogens with one attached hydrogen (secondary N) is 1. The summed E-state index contributed by atoms with van der Waals surface area (Å²) in [7, 11) is -7.57.